The zero-order chi connectivity index (χ0) is 12.6. The van der Waals surface area contributed by atoms with Gasteiger partial charge in [-0.3, -0.25) is 0 Å². The number of halogens is 4. The Morgan fingerprint density at radius 3 is 2.12 bits per heavy atom. The molecular weight excluding hydrogens is 222 g/mol. The van der Waals surface area contributed by atoms with E-state index < -0.39 is 23.0 Å². The largest absolute Gasteiger partial charge is 0.416 e. The SMILES string of the molecule is CC(C)(CN)c1cc(F)ccc1C(F)(F)F. The lowest BCUT2D eigenvalue weighted by molar-refractivity contribution is -0.138. The van der Waals surface area contributed by atoms with Crippen LogP contribution >= 0.6 is 0 Å². The number of nitrogens with two attached hydrogens (primary N) is 1. The molecule has 0 aromatic heterocycles. The van der Waals surface area contributed by atoms with Gasteiger partial charge in [-0.2, -0.15) is 13.2 Å². The van der Waals surface area contributed by atoms with Gasteiger partial charge in [0.05, 0.1) is 5.56 Å². The van der Waals surface area contributed by atoms with Crippen LogP contribution in [0, 0.1) is 5.82 Å². The molecule has 0 atom stereocenters. The van der Waals surface area contributed by atoms with Gasteiger partial charge in [0.2, 0.25) is 0 Å². The lowest BCUT2D eigenvalue weighted by atomic mass is 9.81. The maximum atomic E-state index is 13.0. The maximum Gasteiger partial charge on any atom is 0.416 e. The molecule has 0 unspecified atom stereocenters. The van der Waals surface area contributed by atoms with Crippen molar-refractivity contribution >= 4 is 0 Å². The summed E-state index contributed by atoms with van der Waals surface area (Å²) in [5.74, 6) is -0.690. The molecular formula is C11H13F4N. The van der Waals surface area contributed by atoms with E-state index in [1.165, 1.54) is 0 Å². The van der Waals surface area contributed by atoms with Crippen molar-refractivity contribution in [2.75, 3.05) is 6.54 Å². The summed E-state index contributed by atoms with van der Waals surface area (Å²) in [5.41, 5.74) is 3.56. The standard InChI is InChI=1S/C11H13F4N/c1-10(2,6-16)9-5-7(12)3-4-8(9)11(13,14)15/h3-5H,6,16H2,1-2H3. The minimum atomic E-state index is -4.49. The predicted octanol–water partition coefficient (Wildman–Crippen LogP) is 3.08. The average Bonchev–Trinajstić information content (AvgIpc) is 2.15. The van der Waals surface area contributed by atoms with Crippen LogP contribution in [0.3, 0.4) is 0 Å². The summed E-state index contributed by atoms with van der Waals surface area (Å²) >= 11 is 0. The molecule has 1 aromatic carbocycles. The van der Waals surface area contributed by atoms with Gasteiger partial charge in [-0.05, 0) is 23.8 Å². The Kier molecular flexibility index (Phi) is 3.28. The van der Waals surface area contributed by atoms with Gasteiger partial charge < -0.3 is 5.73 Å². The molecule has 0 heterocycles. The van der Waals surface area contributed by atoms with Crippen molar-refractivity contribution in [2.45, 2.75) is 25.4 Å². The van der Waals surface area contributed by atoms with Crippen LogP contribution in [-0.2, 0) is 11.6 Å². The number of hydrogen-bond donors (Lipinski definition) is 1. The normalized spacial score (nSPS) is 12.9. The molecule has 0 spiro atoms. The Morgan fingerprint density at radius 2 is 1.69 bits per heavy atom. The van der Waals surface area contributed by atoms with Crippen LogP contribution in [0.15, 0.2) is 18.2 Å². The third-order valence-corrected chi connectivity index (χ3v) is 2.53. The van der Waals surface area contributed by atoms with E-state index in [9.17, 15) is 17.6 Å². The van der Waals surface area contributed by atoms with Crippen molar-refractivity contribution in [3.8, 4) is 0 Å². The van der Waals surface area contributed by atoms with E-state index in [1.54, 1.807) is 13.8 Å². The number of rotatable bonds is 2. The molecule has 0 aliphatic carbocycles. The fourth-order valence-electron chi connectivity index (χ4n) is 1.43. The van der Waals surface area contributed by atoms with Crippen molar-refractivity contribution in [3.63, 3.8) is 0 Å². The topological polar surface area (TPSA) is 26.0 Å². The first-order valence-corrected chi connectivity index (χ1v) is 4.76. The lowest BCUT2D eigenvalue weighted by Gasteiger charge is -2.26. The minimum absolute atomic E-state index is 0.0134. The van der Waals surface area contributed by atoms with E-state index in [0.717, 1.165) is 18.2 Å². The van der Waals surface area contributed by atoms with Gasteiger partial charge in [-0.1, -0.05) is 13.8 Å². The molecule has 90 valence electrons. The molecule has 0 fully saturated rings. The highest BCUT2D eigenvalue weighted by Crippen LogP contribution is 2.37. The third kappa shape index (κ3) is 2.52. The van der Waals surface area contributed by atoms with E-state index in [4.69, 9.17) is 5.73 Å². The Balaban J connectivity index is 3.41. The van der Waals surface area contributed by atoms with Crippen LogP contribution < -0.4 is 5.73 Å². The number of benzene rings is 1. The van der Waals surface area contributed by atoms with Crippen LogP contribution in [0.4, 0.5) is 17.6 Å². The van der Waals surface area contributed by atoms with Crippen molar-refractivity contribution in [1.82, 2.24) is 0 Å². The fraction of sp³-hybridized carbons (Fsp3) is 0.455. The molecule has 0 bridgehead atoms. The molecule has 0 saturated carbocycles. The molecule has 1 nitrogen and oxygen atoms in total. The first-order chi connectivity index (χ1) is 7.18. The first-order valence-electron chi connectivity index (χ1n) is 4.76. The average molecular weight is 235 g/mol. The third-order valence-electron chi connectivity index (χ3n) is 2.53. The second-order valence-corrected chi connectivity index (χ2v) is 4.28. The van der Waals surface area contributed by atoms with E-state index in [-0.39, 0.29) is 12.1 Å². The van der Waals surface area contributed by atoms with Gasteiger partial charge in [-0.25, -0.2) is 4.39 Å². The monoisotopic (exact) mass is 235 g/mol. The van der Waals surface area contributed by atoms with Crippen molar-refractivity contribution in [2.24, 2.45) is 5.73 Å². The molecule has 0 radical (unpaired) electrons. The van der Waals surface area contributed by atoms with Gasteiger partial charge in [0.1, 0.15) is 5.82 Å². The van der Waals surface area contributed by atoms with Crippen LogP contribution in [0.5, 0.6) is 0 Å². The molecule has 2 N–H and O–H groups in total. The van der Waals surface area contributed by atoms with E-state index in [2.05, 4.69) is 0 Å². The second-order valence-electron chi connectivity index (χ2n) is 4.28. The van der Waals surface area contributed by atoms with Crippen LogP contribution in [0.1, 0.15) is 25.0 Å². The quantitative estimate of drug-likeness (QED) is 0.783. The van der Waals surface area contributed by atoms with Crippen molar-refractivity contribution in [3.05, 3.63) is 35.1 Å². The minimum Gasteiger partial charge on any atom is -0.330 e. The molecule has 1 rings (SSSR count). The van der Waals surface area contributed by atoms with E-state index in [0.29, 0.717) is 0 Å². The molecule has 0 aliphatic heterocycles. The predicted molar refractivity (Wildman–Crippen MR) is 53.5 cm³/mol. The summed E-state index contributed by atoms with van der Waals surface area (Å²) in [6.07, 6.45) is -4.49. The molecule has 5 heteroatoms. The van der Waals surface area contributed by atoms with Crippen molar-refractivity contribution < 1.29 is 17.6 Å². The lowest BCUT2D eigenvalue weighted by Crippen LogP contribution is -2.31. The first kappa shape index (κ1) is 13.0. The zero-order valence-electron chi connectivity index (χ0n) is 9.03. The summed E-state index contributed by atoms with van der Waals surface area (Å²) in [5, 5.41) is 0. The Morgan fingerprint density at radius 1 is 1.12 bits per heavy atom. The maximum absolute atomic E-state index is 13.0. The molecule has 16 heavy (non-hydrogen) atoms. The highest BCUT2D eigenvalue weighted by Gasteiger charge is 2.37. The van der Waals surface area contributed by atoms with Crippen LogP contribution in [0.2, 0.25) is 0 Å². The smallest absolute Gasteiger partial charge is 0.330 e. The molecule has 0 saturated heterocycles. The number of hydrogen-bond acceptors (Lipinski definition) is 1. The van der Waals surface area contributed by atoms with Crippen LogP contribution in [0.25, 0.3) is 0 Å². The summed E-state index contributed by atoms with van der Waals surface area (Å²) in [6.45, 7) is 3.12. The van der Waals surface area contributed by atoms with Crippen LogP contribution in [-0.4, -0.2) is 6.54 Å². The fourth-order valence-corrected chi connectivity index (χ4v) is 1.43. The highest BCUT2D eigenvalue weighted by atomic mass is 19.4. The van der Waals surface area contributed by atoms with Gasteiger partial charge >= 0.3 is 6.18 Å². The van der Waals surface area contributed by atoms with Gasteiger partial charge in [0.25, 0.3) is 0 Å². The summed E-state index contributed by atoms with van der Waals surface area (Å²) in [6, 6.07) is 2.46. The second kappa shape index (κ2) is 4.05. The highest BCUT2D eigenvalue weighted by molar-refractivity contribution is 5.36. The molecule has 0 amide bonds. The van der Waals surface area contributed by atoms with E-state index in [1.807, 2.05) is 0 Å². The zero-order valence-corrected chi connectivity index (χ0v) is 9.03. The Hall–Kier alpha value is -1.10. The van der Waals surface area contributed by atoms with Crippen molar-refractivity contribution in [1.29, 1.82) is 0 Å². The van der Waals surface area contributed by atoms with Gasteiger partial charge in [-0.15, -0.1) is 0 Å². The van der Waals surface area contributed by atoms with E-state index >= 15 is 0 Å². The Labute approximate surface area is 91.3 Å². The number of alkyl halides is 3. The summed E-state index contributed by atoms with van der Waals surface area (Å²) in [4.78, 5) is 0. The summed E-state index contributed by atoms with van der Waals surface area (Å²) in [7, 11) is 0. The van der Waals surface area contributed by atoms with Gasteiger partial charge in [0.15, 0.2) is 0 Å². The van der Waals surface area contributed by atoms with Gasteiger partial charge in [0, 0.05) is 12.0 Å². The summed E-state index contributed by atoms with van der Waals surface area (Å²) < 4.78 is 51.0. The molecule has 0 aliphatic rings. The Bertz CT molecular complexity index is 382. The molecule has 1 aromatic rings.